The van der Waals surface area contributed by atoms with Crippen molar-refractivity contribution in [1.82, 2.24) is 0 Å². The van der Waals surface area contributed by atoms with Crippen LogP contribution >= 0.6 is 0 Å². The molecule has 0 atom stereocenters. The van der Waals surface area contributed by atoms with Crippen LogP contribution < -0.4 is 4.74 Å². The number of methoxy groups -OCH3 is 1. The minimum atomic E-state index is -0.0508. The molecule has 0 unspecified atom stereocenters. The Labute approximate surface area is 113 Å². The third kappa shape index (κ3) is 2.91. The van der Waals surface area contributed by atoms with Gasteiger partial charge in [0.25, 0.3) is 0 Å². The van der Waals surface area contributed by atoms with E-state index in [1.54, 1.807) is 7.11 Å². The van der Waals surface area contributed by atoms with Gasteiger partial charge >= 0.3 is 0 Å². The molecule has 0 aliphatic carbocycles. The minimum Gasteiger partial charge on any atom is -0.497 e. The maximum absolute atomic E-state index is 12.3. The van der Waals surface area contributed by atoms with Crippen LogP contribution in [0.1, 0.15) is 21.5 Å². The minimum absolute atomic E-state index is 0.0508. The average Bonchev–Trinajstić information content (AvgIpc) is 2.46. The molecule has 0 aromatic heterocycles. The van der Waals surface area contributed by atoms with Gasteiger partial charge in [-0.05, 0) is 24.6 Å². The first-order valence-electron chi connectivity index (χ1n) is 6.06. The van der Waals surface area contributed by atoms with Crippen molar-refractivity contribution >= 4 is 11.4 Å². The van der Waals surface area contributed by atoms with Gasteiger partial charge in [-0.25, -0.2) is 0 Å². The number of carbonyl (C=O) groups is 1. The van der Waals surface area contributed by atoms with Crippen molar-refractivity contribution in [1.29, 1.82) is 0 Å². The predicted octanol–water partition coefficient (Wildman–Crippen LogP) is 3.90. The van der Waals surface area contributed by atoms with E-state index in [2.05, 4.69) is 6.58 Å². The highest BCUT2D eigenvalue weighted by Crippen LogP contribution is 2.21. The number of allylic oxidation sites excluding steroid dienone is 1. The summed E-state index contributed by atoms with van der Waals surface area (Å²) in [6, 6.07) is 14.8. The molecule has 0 aliphatic heterocycles. The zero-order chi connectivity index (χ0) is 13.8. The number of hydrogen-bond acceptors (Lipinski definition) is 2. The quantitative estimate of drug-likeness (QED) is 0.609. The van der Waals surface area contributed by atoms with Crippen LogP contribution in [0.5, 0.6) is 5.75 Å². The Morgan fingerprint density at radius 3 is 2.00 bits per heavy atom. The first-order valence-corrected chi connectivity index (χ1v) is 6.06. The molecule has 0 N–H and O–H groups in total. The van der Waals surface area contributed by atoms with Crippen LogP contribution in [0, 0.1) is 6.92 Å². The van der Waals surface area contributed by atoms with E-state index in [4.69, 9.17) is 4.74 Å². The molecule has 2 rings (SSSR count). The monoisotopic (exact) mass is 252 g/mol. The molecule has 2 nitrogen and oxygen atoms in total. The van der Waals surface area contributed by atoms with Crippen molar-refractivity contribution in [3.05, 3.63) is 71.8 Å². The number of hydrogen-bond donors (Lipinski definition) is 0. The molecule has 2 aromatic carbocycles. The van der Waals surface area contributed by atoms with Crippen molar-refractivity contribution < 1.29 is 9.53 Å². The molecular weight excluding hydrogens is 236 g/mol. The normalized spacial score (nSPS) is 10.0. The molecule has 0 saturated carbocycles. The van der Waals surface area contributed by atoms with Gasteiger partial charge in [0.2, 0.25) is 0 Å². The Morgan fingerprint density at radius 2 is 1.47 bits per heavy atom. The second-order valence-corrected chi connectivity index (χ2v) is 4.40. The lowest BCUT2D eigenvalue weighted by atomic mass is 9.97. The van der Waals surface area contributed by atoms with E-state index in [9.17, 15) is 4.79 Å². The van der Waals surface area contributed by atoms with Gasteiger partial charge in [0.15, 0.2) is 5.78 Å². The van der Waals surface area contributed by atoms with E-state index in [1.165, 1.54) is 0 Å². The van der Waals surface area contributed by atoms with E-state index in [1.807, 2.05) is 55.5 Å². The summed E-state index contributed by atoms with van der Waals surface area (Å²) in [7, 11) is 1.61. The van der Waals surface area contributed by atoms with Crippen LogP contribution in [0.25, 0.3) is 5.57 Å². The largest absolute Gasteiger partial charge is 0.497 e. The fraction of sp³-hybridized carbons (Fsp3) is 0.118. The Balaban J connectivity index is 2.23. The summed E-state index contributed by atoms with van der Waals surface area (Å²) in [5, 5.41) is 0. The lowest BCUT2D eigenvalue weighted by Crippen LogP contribution is -2.01. The molecule has 0 radical (unpaired) electrons. The summed E-state index contributed by atoms with van der Waals surface area (Å²) in [5.74, 6) is 0.713. The van der Waals surface area contributed by atoms with Crippen LogP contribution in [0.3, 0.4) is 0 Å². The second kappa shape index (κ2) is 5.53. The van der Waals surface area contributed by atoms with Gasteiger partial charge in [-0.15, -0.1) is 0 Å². The highest BCUT2D eigenvalue weighted by molar-refractivity contribution is 6.28. The molecule has 0 amide bonds. The summed E-state index contributed by atoms with van der Waals surface area (Å²) in [4.78, 5) is 12.3. The average molecular weight is 252 g/mol. The van der Waals surface area contributed by atoms with Crippen molar-refractivity contribution in [3.8, 4) is 5.75 Å². The molecule has 0 saturated heterocycles. The van der Waals surface area contributed by atoms with Crippen LogP contribution in [0.4, 0.5) is 0 Å². The SMILES string of the molecule is C=C(C(=O)c1ccc(C)cc1)c1ccc(OC)cc1. The third-order valence-electron chi connectivity index (χ3n) is 3.03. The number of benzene rings is 2. The summed E-state index contributed by atoms with van der Waals surface area (Å²) in [5.41, 5.74) is 3.09. The highest BCUT2D eigenvalue weighted by atomic mass is 16.5. The van der Waals surface area contributed by atoms with Crippen LogP contribution in [-0.4, -0.2) is 12.9 Å². The number of Topliss-reactive ketones (excluding diaryl/α,β-unsaturated/α-hetero) is 1. The van der Waals surface area contributed by atoms with Gasteiger partial charge in [-0.2, -0.15) is 0 Å². The maximum Gasteiger partial charge on any atom is 0.193 e. The lowest BCUT2D eigenvalue weighted by molar-refractivity contribution is 0.105. The molecule has 19 heavy (non-hydrogen) atoms. The molecule has 0 heterocycles. The summed E-state index contributed by atoms with van der Waals surface area (Å²) in [6.07, 6.45) is 0. The van der Waals surface area contributed by atoms with Crippen LogP contribution in [-0.2, 0) is 0 Å². The maximum atomic E-state index is 12.3. The fourth-order valence-electron chi connectivity index (χ4n) is 1.80. The van der Waals surface area contributed by atoms with Gasteiger partial charge in [0, 0.05) is 11.1 Å². The Hall–Kier alpha value is -2.35. The number of aryl methyl sites for hydroxylation is 1. The van der Waals surface area contributed by atoms with Gasteiger partial charge in [0.1, 0.15) is 5.75 Å². The predicted molar refractivity (Wildman–Crippen MR) is 77.5 cm³/mol. The molecular formula is C17H16O2. The summed E-state index contributed by atoms with van der Waals surface area (Å²) in [6.45, 7) is 5.88. The van der Waals surface area contributed by atoms with Crippen molar-refractivity contribution in [3.63, 3.8) is 0 Å². The molecule has 0 fully saturated rings. The number of ether oxygens (including phenoxy) is 1. The van der Waals surface area contributed by atoms with Gasteiger partial charge in [-0.3, -0.25) is 4.79 Å². The van der Waals surface area contributed by atoms with E-state index in [0.29, 0.717) is 11.1 Å². The molecule has 2 aromatic rings. The second-order valence-electron chi connectivity index (χ2n) is 4.40. The number of ketones is 1. The Kier molecular flexibility index (Phi) is 3.81. The first-order chi connectivity index (χ1) is 9.11. The molecule has 0 aliphatic rings. The Morgan fingerprint density at radius 1 is 0.947 bits per heavy atom. The van der Waals surface area contributed by atoms with Crippen molar-refractivity contribution in [2.75, 3.05) is 7.11 Å². The smallest absolute Gasteiger partial charge is 0.193 e. The topological polar surface area (TPSA) is 26.3 Å². The van der Waals surface area contributed by atoms with Crippen LogP contribution in [0.15, 0.2) is 55.1 Å². The highest BCUT2D eigenvalue weighted by Gasteiger charge is 2.11. The summed E-state index contributed by atoms with van der Waals surface area (Å²) < 4.78 is 5.09. The Bertz CT molecular complexity index is 592. The number of carbonyl (C=O) groups excluding carboxylic acids is 1. The zero-order valence-electron chi connectivity index (χ0n) is 11.1. The van der Waals surface area contributed by atoms with Crippen molar-refractivity contribution in [2.45, 2.75) is 6.92 Å². The van der Waals surface area contributed by atoms with Crippen LogP contribution in [0.2, 0.25) is 0 Å². The van der Waals surface area contributed by atoms with Crippen molar-refractivity contribution in [2.24, 2.45) is 0 Å². The van der Waals surface area contributed by atoms with Gasteiger partial charge < -0.3 is 4.74 Å². The number of rotatable bonds is 4. The standard InChI is InChI=1S/C17H16O2/c1-12-4-6-15(7-5-12)17(18)13(2)14-8-10-16(19-3)11-9-14/h4-11H,2H2,1,3H3. The van der Waals surface area contributed by atoms with Gasteiger partial charge in [-0.1, -0.05) is 48.5 Å². The molecule has 0 bridgehead atoms. The molecule has 2 heteroatoms. The summed E-state index contributed by atoms with van der Waals surface area (Å²) >= 11 is 0. The third-order valence-corrected chi connectivity index (χ3v) is 3.03. The van der Waals surface area contributed by atoms with E-state index < -0.39 is 0 Å². The van der Waals surface area contributed by atoms with E-state index in [0.717, 1.165) is 16.9 Å². The molecule has 96 valence electrons. The van der Waals surface area contributed by atoms with E-state index >= 15 is 0 Å². The fourth-order valence-corrected chi connectivity index (χ4v) is 1.80. The zero-order valence-corrected chi connectivity index (χ0v) is 11.1. The lowest BCUT2D eigenvalue weighted by Gasteiger charge is -2.07. The first kappa shape index (κ1) is 13.1. The molecule has 0 spiro atoms. The van der Waals surface area contributed by atoms with E-state index in [-0.39, 0.29) is 5.78 Å². The van der Waals surface area contributed by atoms with Gasteiger partial charge in [0.05, 0.1) is 7.11 Å².